The first-order valence-corrected chi connectivity index (χ1v) is 7.47. The maximum atomic E-state index is 12.2. The fourth-order valence-electron chi connectivity index (χ4n) is 2.20. The van der Waals surface area contributed by atoms with E-state index in [2.05, 4.69) is 15.5 Å². The summed E-state index contributed by atoms with van der Waals surface area (Å²) in [5, 5.41) is 7.05. The zero-order valence-electron chi connectivity index (χ0n) is 11.6. The Morgan fingerprint density at radius 1 is 1.57 bits per heavy atom. The lowest BCUT2D eigenvalue weighted by atomic mass is 10.2. The van der Waals surface area contributed by atoms with Crippen molar-refractivity contribution in [2.24, 2.45) is 0 Å². The van der Waals surface area contributed by atoms with Crippen LogP contribution in [0, 0.1) is 13.8 Å². The molecule has 0 aliphatic carbocycles. The summed E-state index contributed by atoms with van der Waals surface area (Å²) in [6.07, 6.45) is 1.78. The summed E-state index contributed by atoms with van der Waals surface area (Å²) in [4.78, 5) is 28.4. The van der Waals surface area contributed by atoms with Gasteiger partial charge in [0.15, 0.2) is 11.0 Å². The lowest BCUT2D eigenvalue weighted by molar-refractivity contribution is -0.116. The van der Waals surface area contributed by atoms with Gasteiger partial charge >= 0.3 is 0 Å². The molecule has 1 N–H and O–H groups in total. The van der Waals surface area contributed by atoms with E-state index in [-0.39, 0.29) is 23.9 Å². The van der Waals surface area contributed by atoms with E-state index < -0.39 is 0 Å². The molecule has 2 aromatic heterocycles. The highest BCUT2D eigenvalue weighted by Crippen LogP contribution is 2.31. The second-order valence-corrected chi connectivity index (χ2v) is 5.93. The van der Waals surface area contributed by atoms with Crippen LogP contribution in [0.1, 0.15) is 23.8 Å². The quantitative estimate of drug-likeness (QED) is 0.865. The molecule has 1 amide bonds. The van der Waals surface area contributed by atoms with Crippen LogP contribution in [0.3, 0.4) is 0 Å². The van der Waals surface area contributed by atoms with Crippen molar-refractivity contribution in [3.63, 3.8) is 0 Å². The molecule has 7 nitrogen and oxygen atoms in total. The van der Waals surface area contributed by atoms with Gasteiger partial charge in [-0.15, -0.1) is 0 Å². The van der Waals surface area contributed by atoms with Gasteiger partial charge in [-0.25, -0.2) is 4.98 Å². The van der Waals surface area contributed by atoms with Gasteiger partial charge in [0.1, 0.15) is 5.76 Å². The van der Waals surface area contributed by atoms with Gasteiger partial charge in [0.25, 0.3) is 5.56 Å². The van der Waals surface area contributed by atoms with Gasteiger partial charge in [0.05, 0.1) is 6.04 Å². The number of rotatable bonds is 3. The third-order valence-electron chi connectivity index (χ3n) is 3.22. The van der Waals surface area contributed by atoms with E-state index >= 15 is 0 Å². The Labute approximate surface area is 124 Å². The van der Waals surface area contributed by atoms with Gasteiger partial charge in [0.2, 0.25) is 5.91 Å². The third-order valence-corrected chi connectivity index (χ3v) is 4.33. The summed E-state index contributed by atoms with van der Waals surface area (Å²) >= 11 is 1.49. The topological polar surface area (TPSA) is 90.0 Å². The summed E-state index contributed by atoms with van der Waals surface area (Å²) < 4.78 is 6.50. The fraction of sp³-hybridized carbons (Fsp3) is 0.385. The predicted octanol–water partition coefficient (Wildman–Crippen LogP) is 1.52. The first-order chi connectivity index (χ1) is 10.0. The molecule has 0 unspecified atom stereocenters. The van der Waals surface area contributed by atoms with Crippen molar-refractivity contribution in [3.8, 4) is 0 Å². The molecule has 3 rings (SSSR count). The number of carbonyl (C=O) groups excluding carboxylic acids is 1. The van der Waals surface area contributed by atoms with E-state index in [0.717, 1.165) is 0 Å². The van der Waals surface area contributed by atoms with E-state index in [4.69, 9.17) is 4.52 Å². The molecule has 1 atom stereocenters. The van der Waals surface area contributed by atoms with Gasteiger partial charge in [0, 0.05) is 30.0 Å². The Kier molecular flexibility index (Phi) is 3.54. The summed E-state index contributed by atoms with van der Waals surface area (Å²) in [5.41, 5.74) is 0.499. The number of aryl methyl sites for hydroxylation is 2. The minimum Gasteiger partial charge on any atom is -0.360 e. The van der Waals surface area contributed by atoms with Crippen LogP contribution < -0.4 is 10.9 Å². The number of thioether (sulfide) groups is 1. The Bertz CT molecular complexity index is 752. The van der Waals surface area contributed by atoms with E-state index in [1.165, 1.54) is 11.8 Å². The minimum absolute atomic E-state index is 0.0833. The standard InChI is InChI=1S/C13H14N4O3S/c1-7-5-14-13-17(12(7)19)9(6-21-13)4-11(18)15-10-3-8(2)20-16-10/h3,5,9H,4,6H2,1-2H3,(H,15,16,18)/t9-/m0/s1. The van der Waals surface area contributed by atoms with Crippen molar-refractivity contribution >= 4 is 23.5 Å². The van der Waals surface area contributed by atoms with Crippen LogP contribution in [0.15, 0.2) is 26.7 Å². The number of hydrogen-bond donors (Lipinski definition) is 1. The Morgan fingerprint density at radius 2 is 2.38 bits per heavy atom. The maximum absolute atomic E-state index is 12.2. The molecule has 3 heterocycles. The van der Waals surface area contributed by atoms with Crippen LogP contribution in [-0.4, -0.2) is 26.4 Å². The molecular weight excluding hydrogens is 292 g/mol. The Morgan fingerprint density at radius 3 is 3.10 bits per heavy atom. The zero-order chi connectivity index (χ0) is 15.0. The lowest BCUT2D eigenvalue weighted by Gasteiger charge is -2.12. The minimum atomic E-state index is -0.199. The number of amides is 1. The average molecular weight is 306 g/mol. The maximum Gasteiger partial charge on any atom is 0.257 e. The van der Waals surface area contributed by atoms with Crippen molar-refractivity contribution < 1.29 is 9.32 Å². The monoisotopic (exact) mass is 306 g/mol. The van der Waals surface area contributed by atoms with Crippen LogP contribution in [0.2, 0.25) is 0 Å². The molecule has 0 saturated heterocycles. The van der Waals surface area contributed by atoms with E-state index in [1.807, 2.05) is 0 Å². The van der Waals surface area contributed by atoms with Crippen molar-refractivity contribution in [1.29, 1.82) is 0 Å². The second kappa shape index (κ2) is 5.36. The molecule has 1 aliphatic heterocycles. The normalized spacial score (nSPS) is 16.8. The fourth-order valence-corrected chi connectivity index (χ4v) is 3.31. The molecule has 0 fully saturated rings. The van der Waals surface area contributed by atoms with Crippen LogP contribution >= 0.6 is 11.8 Å². The highest BCUT2D eigenvalue weighted by molar-refractivity contribution is 7.99. The van der Waals surface area contributed by atoms with Gasteiger partial charge in [-0.1, -0.05) is 16.9 Å². The van der Waals surface area contributed by atoms with E-state index in [0.29, 0.717) is 28.1 Å². The number of anilines is 1. The summed E-state index contributed by atoms with van der Waals surface area (Å²) in [7, 11) is 0. The first kappa shape index (κ1) is 13.9. The number of carbonyl (C=O) groups is 1. The predicted molar refractivity (Wildman–Crippen MR) is 77.5 cm³/mol. The summed E-state index contributed by atoms with van der Waals surface area (Å²) in [5.74, 6) is 1.48. The molecule has 0 bridgehead atoms. The van der Waals surface area contributed by atoms with Gasteiger partial charge < -0.3 is 9.84 Å². The first-order valence-electron chi connectivity index (χ1n) is 6.48. The molecule has 1 aliphatic rings. The highest BCUT2D eigenvalue weighted by Gasteiger charge is 2.27. The molecule has 2 aromatic rings. The summed E-state index contributed by atoms with van der Waals surface area (Å²) in [6, 6.07) is 1.46. The number of nitrogens with zero attached hydrogens (tertiary/aromatic N) is 3. The van der Waals surface area contributed by atoms with Gasteiger partial charge in [-0.2, -0.15) is 0 Å². The number of nitrogens with one attached hydrogen (secondary N) is 1. The molecule has 0 saturated carbocycles. The molecule has 8 heteroatoms. The molecule has 21 heavy (non-hydrogen) atoms. The third kappa shape index (κ3) is 2.71. The lowest BCUT2D eigenvalue weighted by Crippen LogP contribution is -2.28. The van der Waals surface area contributed by atoms with Gasteiger partial charge in [-0.05, 0) is 13.8 Å². The van der Waals surface area contributed by atoms with Crippen molar-refractivity contribution in [3.05, 3.63) is 33.9 Å². The average Bonchev–Trinajstić information content (AvgIpc) is 3.01. The highest BCUT2D eigenvalue weighted by atomic mass is 32.2. The Balaban J connectivity index is 1.75. The summed E-state index contributed by atoms with van der Waals surface area (Å²) in [6.45, 7) is 3.47. The van der Waals surface area contributed by atoms with E-state index in [9.17, 15) is 9.59 Å². The van der Waals surface area contributed by atoms with Crippen molar-refractivity contribution in [2.45, 2.75) is 31.5 Å². The Hall–Kier alpha value is -2.09. The molecular formula is C13H14N4O3S. The SMILES string of the molecule is Cc1cc(NC(=O)C[C@H]2CSc3ncc(C)c(=O)n32)no1. The number of aromatic nitrogens is 3. The molecule has 110 valence electrons. The van der Waals surface area contributed by atoms with Crippen LogP contribution in [0.5, 0.6) is 0 Å². The van der Waals surface area contributed by atoms with E-state index in [1.54, 1.807) is 30.7 Å². The molecule has 0 spiro atoms. The second-order valence-electron chi connectivity index (χ2n) is 4.94. The molecule has 0 aromatic carbocycles. The molecule has 0 radical (unpaired) electrons. The van der Waals surface area contributed by atoms with Crippen LogP contribution in [0.4, 0.5) is 5.82 Å². The largest absolute Gasteiger partial charge is 0.360 e. The number of fused-ring (bicyclic) bond motifs is 1. The van der Waals surface area contributed by atoms with Crippen molar-refractivity contribution in [1.82, 2.24) is 14.7 Å². The van der Waals surface area contributed by atoms with Crippen LogP contribution in [-0.2, 0) is 4.79 Å². The number of hydrogen-bond acceptors (Lipinski definition) is 6. The van der Waals surface area contributed by atoms with Gasteiger partial charge in [-0.3, -0.25) is 14.2 Å². The zero-order valence-corrected chi connectivity index (χ0v) is 12.4. The van der Waals surface area contributed by atoms with Crippen LogP contribution in [0.25, 0.3) is 0 Å². The van der Waals surface area contributed by atoms with Crippen molar-refractivity contribution in [2.75, 3.05) is 11.1 Å². The smallest absolute Gasteiger partial charge is 0.257 e.